The Balaban J connectivity index is 0.00000225. The highest BCUT2D eigenvalue weighted by Gasteiger charge is 2.26. The van der Waals surface area contributed by atoms with E-state index >= 15 is 0 Å². The fraction of sp³-hybridized carbons (Fsp3) is 0.474. The zero-order valence-corrected chi connectivity index (χ0v) is 16.1. The Bertz CT molecular complexity index is 742. The summed E-state index contributed by atoms with van der Waals surface area (Å²) in [4.78, 5) is 12.5. The van der Waals surface area contributed by atoms with Crippen LogP contribution in [0.4, 0.5) is 5.82 Å². The number of halogens is 1. The van der Waals surface area contributed by atoms with Crippen LogP contribution in [0.25, 0.3) is 5.69 Å². The molecule has 0 radical (unpaired) electrons. The second kappa shape index (κ2) is 7.58. The van der Waals surface area contributed by atoms with Crippen molar-refractivity contribution < 1.29 is 4.79 Å². The van der Waals surface area contributed by atoms with E-state index in [1.165, 1.54) is 0 Å². The number of anilines is 1. The van der Waals surface area contributed by atoms with Crippen LogP contribution in [-0.2, 0) is 10.2 Å². The van der Waals surface area contributed by atoms with Crippen LogP contribution in [0.2, 0.25) is 0 Å². The predicted octanol–water partition coefficient (Wildman–Crippen LogP) is 3.45. The second-order valence-electron chi connectivity index (χ2n) is 7.54. The van der Waals surface area contributed by atoms with Crippen LogP contribution >= 0.6 is 12.4 Å². The number of amides is 1. The summed E-state index contributed by atoms with van der Waals surface area (Å²) in [6.45, 7) is 10.1. The summed E-state index contributed by atoms with van der Waals surface area (Å²) in [5.74, 6) is 0.838. The topological polar surface area (TPSA) is 59.0 Å². The molecule has 1 amide bonds. The van der Waals surface area contributed by atoms with Crippen molar-refractivity contribution in [3.05, 3.63) is 41.6 Å². The van der Waals surface area contributed by atoms with Gasteiger partial charge in [0.05, 0.1) is 17.3 Å². The molecule has 1 unspecified atom stereocenters. The van der Waals surface area contributed by atoms with E-state index in [0.717, 1.165) is 42.3 Å². The van der Waals surface area contributed by atoms with E-state index in [2.05, 4.69) is 44.4 Å². The SMILES string of the molecule is Cc1ccccc1-n1nc(C(C)(C)C)cc1NC(=O)C1CCNC1.Cl. The molecule has 1 atom stereocenters. The van der Waals surface area contributed by atoms with Crippen LogP contribution in [-0.4, -0.2) is 28.8 Å². The number of carbonyl (C=O) groups excluding carboxylic acids is 1. The van der Waals surface area contributed by atoms with Gasteiger partial charge in [-0.05, 0) is 31.5 Å². The summed E-state index contributed by atoms with van der Waals surface area (Å²) in [7, 11) is 0. The van der Waals surface area contributed by atoms with Crippen molar-refractivity contribution in [3.8, 4) is 5.69 Å². The van der Waals surface area contributed by atoms with Crippen LogP contribution in [0.1, 0.15) is 38.4 Å². The first-order valence-electron chi connectivity index (χ1n) is 8.54. The number of para-hydroxylation sites is 1. The zero-order valence-electron chi connectivity index (χ0n) is 15.3. The molecule has 1 saturated heterocycles. The molecular formula is C19H27ClN4O. The van der Waals surface area contributed by atoms with Gasteiger partial charge >= 0.3 is 0 Å². The van der Waals surface area contributed by atoms with Gasteiger partial charge in [-0.25, -0.2) is 4.68 Å². The maximum absolute atomic E-state index is 12.5. The third kappa shape index (κ3) is 4.22. The highest BCUT2D eigenvalue weighted by molar-refractivity contribution is 5.92. The minimum Gasteiger partial charge on any atom is -0.316 e. The Morgan fingerprint density at radius 2 is 2.04 bits per heavy atom. The number of benzene rings is 1. The van der Waals surface area contributed by atoms with Gasteiger partial charge in [0.2, 0.25) is 5.91 Å². The zero-order chi connectivity index (χ0) is 17.3. The monoisotopic (exact) mass is 362 g/mol. The molecule has 1 aromatic heterocycles. The smallest absolute Gasteiger partial charge is 0.229 e. The number of carbonyl (C=O) groups is 1. The highest BCUT2D eigenvalue weighted by atomic mass is 35.5. The Morgan fingerprint density at radius 1 is 1.32 bits per heavy atom. The Labute approximate surface area is 155 Å². The second-order valence-corrected chi connectivity index (χ2v) is 7.54. The van der Waals surface area contributed by atoms with Crippen LogP contribution in [0, 0.1) is 12.8 Å². The van der Waals surface area contributed by atoms with Crippen molar-refractivity contribution >= 4 is 24.1 Å². The molecule has 0 aliphatic carbocycles. The Kier molecular flexibility index (Phi) is 5.91. The predicted molar refractivity (Wildman–Crippen MR) is 104 cm³/mol. The molecule has 2 heterocycles. The van der Waals surface area contributed by atoms with Gasteiger partial charge in [0.1, 0.15) is 5.82 Å². The third-order valence-corrected chi connectivity index (χ3v) is 4.50. The first-order valence-corrected chi connectivity index (χ1v) is 8.54. The molecule has 5 nitrogen and oxygen atoms in total. The number of nitrogens with one attached hydrogen (secondary N) is 2. The lowest BCUT2D eigenvalue weighted by molar-refractivity contribution is -0.119. The number of nitrogens with zero attached hydrogens (tertiary/aromatic N) is 2. The van der Waals surface area contributed by atoms with E-state index in [-0.39, 0.29) is 29.6 Å². The third-order valence-electron chi connectivity index (χ3n) is 4.50. The average molecular weight is 363 g/mol. The Hall–Kier alpha value is -1.85. The molecule has 136 valence electrons. The number of hydrogen-bond acceptors (Lipinski definition) is 3. The van der Waals surface area contributed by atoms with Crippen molar-refractivity contribution in [3.63, 3.8) is 0 Å². The number of hydrogen-bond donors (Lipinski definition) is 2. The lowest BCUT2D eigenvalue weighted by atomic mass is 9.92. The summed E-state index contributed by atoms with van der Waals surface area (Å²) in [6, 6.07) is 10.1. The summed E-state index contributed by atoms with van der Waals surface area (Å²) in [6.07, 6.45) is 0.885. The van der Waals surface area contributed by atoms with Gasteiger partial charge in [0, 0.05) is 18.0 Å². The van der Waals surface area contributed by atoms with Gasteiger partial charge in [-0.1, -0.05) is 39.0 Å². The van der Waals surface area contributed by atoms with Gasteiger partial charge in [-0.2, -0.15) is 5.10 Å². The Morgan fingerprint density at radius 3 is 2.64 bits per heavy atom. The summed E-state index contributed by atoms with van der Waals surface area (Å²) >= 11 is 0. The molecule has 0 saturated carbocycles. The van der Waals surface area contributed by atoms with Crippen molar-refractivity contribution in [2.45, 2.75) is 39.5 Å². The maximum Gasteiger partial charge on any atom is 0.229 e. The minimum absolute atomic E-state index is 0. The lowest BCUT2D eigenvalue weighted by Crippen LogP contribution is -2.25. The lowest BCUT2D eigenvalue weighted by Gasteiger charge is -2.14. The van der Waals surface area contributed by atoms with Crippen LogP contribution < -0.4 is 10.6 Å². The summed E-state index contributed by atoms with van der Waals surface area (Å²) in [5, 5.41) is 11.1. The molecule has 25 heavy (non-hydrogen) atoms. The molecule has 1 aliphatic heterocycles. The van der Waals surface area contributed by atoms with Crippen molar-refractivity contribution in [1.29, 1.82) is 0 Å². The molecule has 1 fully saturated rings. The van der Waals surface area contributed by atoms with Crippen LogP contribution in [0.15, 0.2) is 30.3 Å². The quantitative estimate of drug-likeness (QED) is 0.879. The molecule has 0 spiro atoms. The standard InChI is InChI=1S/C19H26N4O.ClH/c1-13-7-5-6-8-15(13)23-17(11-16(22-23)19(2,3)4)21-18(24)14-9-10-20-12-14;/h5-8,11,14,20H,9-10,12H2,1-4H3,(H,21,24);1H. The van der Waals surface area contributed by atoms with Gasteiger partial charge < -0.3 is 10.6 Å². The van der Waals surface area contributed by atoms with Gasteiger partial charge in [0.15, 0.2) is 0 Å². The normalized spacial score (nSPS) is 17.2. The first kappa shape index (κ1) is 19.5. The molecular weight excluding hydrogens is 336 g/mol. The molecule has 6 heteroatoms. The summed E-state index contributed by atoms with van der Waals surface area (Å²) in [5.41, 5.74) is 3.00. The molecule has 1 aliphatic rings. The van der Waals surface area contributed by atoms with Crippen molar-refractivity contribution in [2.24, 2.45) is 5.92 Å². The summed E-state index contributed by atoms with van der Waals surface area (Å²) < 4.78 is 1.86. The van der Waals surface area contributed by atoms with Crippen molar-refractivity contribution in [2.75, 3.05) is 18.4 Å². The molecule has 0 bridgehead atoms. The molecule has 3 rings (SSSR count). The maximum atomic E-state index is 12.5. The van der Waals surface area contributed by atoms with Crippen LogP contribution in [0.5, 0.6) is 0 Å². The minimum atomic E-state index is -0.0810. The van der Waals surface area contributed by atoms with E-state index in [1.54, 1.807) is 0 Å². The highest BCUT2D eigenvalue weighted by Crippen LogP contribution is 2.27. The van der Waals surface area contributed by atoms with E-state index in [1.807, 2.05) is 28.9 Å². The molecule has 2 N–H and O–H groups in total. The average Bonchev–Trinajstić information content (AvgIpc) is 3.16. The van der Waals surface area contributed by atoms with Gasteiger partial charge in [0.25, 0.3) is 0 Å². The fourth-order valence-electron chi connectivity index (χ4n) is 2.93. The first-order chi connectivity index (χ1) is 11.4. The van der Waals surface area contributed by atoms with Gasteiger partial charge in [-0.15, -0.1) is 12.4 Å². The van der Waals surface area contributed by atoms with E-state index in [4.69, 9.17) is 5.10 Å². The van der Waals surface area contributed by atoms with Gasteiger partial charge in [-0.3, -0.25) is 4.79 Å². The fourth-order valence-corrected chi connectivity index (χ4v) is 2.93. The molecule has 1 aromatic carbocycles. The van der Waals surface area contributed by atoms with Crippen molar-refractivity contribution in [1.82, 2.24) is 15.1 Å². The largest absolute Gasteiger partial charge is 0.316 e. The number of aromatic nitrogens is 2. The van der Waals surface area contributed by atoms with E-state index < -0.39 is 0 Å². The molecule has 2 aromatic rings. The van der Waals surface area contributed by atoms with E-state index in [0.29, 0.717) is 0 Å². The van der Waals surface area contributed by atoms with Crippen LogP contribution in [0.3, 0.4) is 0 Å². The van der Waals surface area contributed by atoms with E-state index in [9.17, 15) is 4.79 Å². The number of rotatable bonds is 3. The number of aryl methyl sites for hydroxylation is 1.